The molecule has 8 heteroatoms. The van der Waals surface area contributed by atoms with Crippen molar-refractivity contribution in [2.45, 2.75) is 4.90 Å². The summed E-state index contributed by atoms with van der Waals surface area (Å²) in [6.07, 6.45) is 1.42. The Balaban J connectivity index is 2.46. The molecule has 19 heavy (non-hydrogen) atoms. The van der Waals surface area contributed by atoms with Gasteiger partial charge in [-0.3, -0.25) is 4.72 Å². The second-order valence-electron chi connectivity index (χ2n) is 3.64. The highest BCUT2D eigenvalue weighted by Gasteiger charge is 2.22. The molecule has 0 amide bonds. The van der Waals surface area contributed by atoms with Gasteiger partial charge >= 0.3 is 0 Å². The van der Waals surface area contributed by atoms with Crippen molar-refractivity contribution in [2.75, 3.05) is 10.5 Å². The van der Waals surface area contributed by atoms with E-state index in [1.165, 1.54) is 18.3 Å². The van der Waals surface area contributed by atoms with Gasteiger partial charge < -0.3 is 5.73 Å². The normalized spacial score (nSPS) is 11.3. The number of anilines is 2. The Morgan fingerprint density at radius 2 is 2.05 bits per heavy atom. The Hall–Kier alpha value is -1.67. The molecule has 1 heterocycles. The van der Waals surface area contributed by atoms with Crippen LogP contribution in [0.15, 0.2) is 45.9 Å². The average molecular weight is 346 g/mol. The second-order valence-corrected chi connectivity index (χ2v) is 6.14. The average Bonchev–Trinajstić information content (AvgIpc) is 2.34. The van der Waals surface area contributed by atoms with E-state index in [0.29, 0.717) is 0 Å². The number of nitrogens with two attached hydrogens (primary N) is 1. The summed E-state index contributed by atoms with van der Waals surface area (Å²) in [5.74, 6) is -0.807. The molecular weight excluding hydrogens is 337 g/mol. The summed E-state index contributed by atoms with van der Waals surface area (Å²) in [7, 11) is -4.09. The fourth-order valence-corrected chi connectivity index (χ4v) is 3.15. The molecule has 0 atom stereocenters. The van der Waals surface area contributed by atoms with Gasteiger partial charge in [0.2, 0.25) is 0 Å². The fraction of sp³-hybridized carbons (Fsp3) is 0. The van der Waals surface area contributed by atoms with E-state index < -0.39 is 20.7 Å². The van der Waals surface area contributed by atoms with Crippen LogP contribution in [-0.2, 0) is 10.0 Å². The van der Waals surface area contributed by atoms with Crippen LogP contribution in [0.2, 0.25) is 0 Å². The zero-order chi connectivity index (χ0) is 14.0. The summed E-state index contributed by atoms with van der Waals surface area (Å²) in [6, 6.07) is 7.03. The first-order chi connectivity index (χ1) is 8.90. The van der Waals surface area contributed by atoms with Gasteiger partial charge in [0, 0.05) is 11.9 Å². The number of benzene rings is 1. The molecule has 0 bridgehead atoms. The molecule has 100 valence electrons. The van der Waals surface area contributed by atoms with Crippen molar-refractivity contribution >= 4 is 37.5 Å². The van der Waals surface area contributed by atoms with Crippen molar-refractivity contribution in [1.82, 2.24) is 4.98 Å². The molecule has 0 saturated carbocycles. The minimum Gasteiger partial charge on any atom is -0.399 e. The standard InChI is InChI=1S/C11H9BrFN3O2S/c12-8-5-7(14)6-9(11(8)13)19(17,18)16-10-3-1-2-4-15-10/h1-6H,14H2,(H,15,16). The van der Waals surface area contributed by atoms with E-state index in [9.17, 15) is 12.8 Å². The molecule has 2 aromatic rings. The van der Waals surface area contributed by atoms with Crippen LogP contribution in [0.5, 0.6) is 0 Å². The molecule has 0 spiro atoms. The first-order valence-corrected chi connectivity index (χ1v) is 7.36. The third kappa shape index (κ3) is 3.02. The van der Waals surface area contributed by atoms with Gasteiger partial charge in [-0.05, 0) is 40.2 Å². The van der Waals surface area contributed by atoms with E-state index in [0.717, 1.165) is 6.07 Å². The Labute approximate surface area is 117 Å². The highest BCUT2D eigenvalue weighted by Crippen LogP contribution is 2.27. The molecule has 1 aromatic carbocycles. The molecule has 0 saturated heterocycles. The number of nitrogens with zero attached hydrogens (tertiary/aromatic N) is 1. The van der Waals surface area contributed by atoms with Gasteiger partial charge in [0.05, 0.1) is 4.47 Å². The Kier molecular flexibility index (Phi) is 3.72. The van der Waals surface area contributed by atoms with Crippen molar-refractivity contribution in [3.05, 3.63) is 46.8 Å². The van der Waals surface area contributed by atoms with Crippen LogP contribution in [0.3, 0.4) is 0 Å². The second kappa shape index (κ2) is 5.14. The fourth-order valence-electron chi connectivity index (χ4n) is 1.40. The summed E-state index contributed by atoms with van der Waals surface area (Å²) in [6.45, 7) is 0. The van der Waals surface area contributed by atoms with Gasteiger partial charge in [-0.15, -0.1) is 0 Å². The van der Waals surface area contributed by atoms with Crippen molar-refractivity contribution in [2.24, 2.45) is 0 Å². The zero-order valence-corrected chi connectivity index (χ0v) is 11.9. The number of aromatic nitrogens is 1. The predicted octanol–water partition coefficient (Wildman–Crippen LogP) is 2.37. The summed E-state index contributed by atoms with van der Waals surface area (Å²) in [5.41, 5.74) is 5.65. The number of hydrogen-bond acceptors (Lipinski definition) is 4. The minimum atomic E-state index is -4.09. The molecule has 0 aliphatic rings. The zero-order valence-electron chi connectivity index (χ0n) is 9.47. The van der Waals surface area contributed by atoms with Crippen LogP contribution in [-0.4, -0.2) is 13.4 Å². The van der Waals surface area contributed by atoms with Gasteiger partial charge in [0.1, 0.15) is 10.7 Å². The quantitative estimate of drug-likeness (QED) is 0.836. The Morgan fingerprint density at radius 3 is 2.68 bits per heavy atom. The number of rotatable bonds is 3. The van der Waals surface area contributed by atoms with Crippen LogP contribution < -0.4 is 10.5 Å². The number of sulfonamides is 1. The lowest BCUT2D eigenvalue weighted by atomic mass is 10.3. The van der Waals surface area contributed by atoms with Crippen molar-refractivity contribution < 1.29 is 12.8 Å². The third-order valence-corrected chi connectivity index (χ3v) is 4.14. The van der Waals surface area contributed by atoms with Gasteiger partial charge in [0.15, 0.2) is 5.82 Å². The van der Waals surface area contributed by atoms with Crippen LogP contribution in [0.4, 0.5) is 15.9 Å². The summed E-state index contributed by atoms with van der Waals surface area (Å²) < 4.78 is 40.1. The lowest BCUT2D eigenvalue weighted by Crippen LogP contribution is -2.16. The van der Waals surface area contributed by atoms with Crippen molar-refractivity contribution in [3.8, 4) is 0 Å². The van der Waals surface area contributed by atoms with E-state index >= 15 is 0 Å². The monoisotopic (exact) mass is 345 g/mol. The molecule has 0 radical (unpaired) electrons. The molecule has 5 nitrogen and oxygen atoms in total. The highest BCUT2D eigenvalue weighted by molar-refractivity contribution is 9.10. The lowest BCUT2D eigenvalue weighted by Gasteiger charge is -2.09. The van der Waals surface area contributed by atoms with Gasteiger partial charge in [0.25, 0.3) is 10.0 Å². The first kappa shape index (κ1) is 13.8. The minimum absolute atomic E-state index is 0.0195. The van der Waals surface area contributed by atoms with Crippen LogP contribution >= 0.6 is 15.9 Å². The molecule has 3 N–H and O–H groups in total. The first-order valence-electron chi connectivity index (χ1n) is 5.08. The van der Waals surface area contributed by atoms with Crippen molar-refractivity contribution in [3.63, 3.8) is 0 Å². The van der Waals surface area contributed by atoms with E-state index in [1.807, 2.05) is 0 Å². The number of nitrogens with one attached hydrogen (secondary N) is 1. The number of hydrogen-bond donors (Lipinski definition) is 2. The van der Waals surface area contributed by atoms with Gasteiger partial charge in [-0.1, -0.05) is 6.07 Å². The SMILES string of the molecule is Nc1cc(Br)c(F)c(S(=O)(=O)Nc2ccccn2)c1. The Bertz CT molecular complexity index is 707. The molecule has 1 aromatic heterocycles. The largest absolute Gasteiger partial charge is 0.399 e. The summed E-state index contributed by atoms with van der Waals surface area (Å²) in [5, 5.41) is 0. The predicted molar refractivity (Wildman–Crippen MR) is 73.6 cm³/mol. The molecule has 2 rings (SSSR count). The van der Waals surface area contributed by atoms with Crippen molar-refractivity contribution in [1.29, 1.82) is 0 Å². The maximum atomic E-state index is 13.8. The van der Waals surface area contributed by atoms with E-state index in [-0.39, 0.29) is 16.0 Å². The molecule has 0 unspecified atom stereocenters. The van der Waals surface area contributed by atoms with Gasteiger partial charge in [-0.25, -0.2) is 17.8 Å². The molecular formula is C11H9BrFN3O2S. The molecule has 0 aliphatic carbocycles. The van der Waals surface area contributed by atoms with Gasteiger partial charge in [-0.2, -0.15) is 0 Å². The molecule has 0 aliphatic heterocycles. The highest BCUT2D eigenvalue weighted by atomic mass is 79.9. The number of halogens is 2. The Morgan fingerprint density at radius 1 is 1.32 bits per heavy atom. The smallest absolute Gasteiger partial charge is 0.266 e. The van der Waals surface area contributed by atoms with E-state index in [4.69, 9.17) is 5.73 Å². The number of nitrogen functional groups attached to an aromatic ring is 1. The maximum absolute atomic E-state index is 13.8. The number of pyridine rings is 1. The van der Waals surface area contributed by atoms with E-state index in [2.05, 4.69) is 25.6 Å². The topological polar surface area (TPSA) is 85.1 Å². The van der Waals surface area contributed by atoms with E-state index in [1.54, 1.807) is 12.1 Å². The van der Waals surface area contributed by atoms with Crippen LogP contribution in [0.25, 0.3) is 0 Å². The molecule has 0 fully saturated rings. The summed E-state index contributed by atoms with van der Waals surface area (Å²) >= 11 is 2.91. The summed E-state index contributed by atoms with van der Waals surface area (Å²) in [4.78, 5) is 3.27. The third-order valence-electron chi connectivity index (χ3n) is 2.21. The van der Waals surface area contributed by atoms with Crippen LogP contribution in [0.1, 0.15) is 0 Å². The van der Waals surface area contributed by atoms with Crippen LogP contribution in [0, 0.1) is 5.82 Å². The maximum Gasteiger partial charge on any atom is 0.266 e. The lowest BCUT2D eigenvalue weighted by molar-refractivity contribution is 0.566.